The van der Waals surface area contributed by atoms with Crippen LogP contribution in [0.15, 0.2) is 36.4 Å². The Morgan fingerprint density at radius 1 is 1.03 bits per heavy atom. The van der Waals surface area contributed by atoms with Crippen LogP contribution >= 0.6 is 0 Å². The molecule has 2 aliphatic heterocycles. The number of aromatic nitrogens is 3. The summed E-state index contributed by atoms with van der Waals surface area (Å²) in [4.78, 5) is 28.6. The molecule has 2 saturated heterocycles. The Labute approximate surface area is 195 Å². The molecule has 2 aliphatic rings. The number of halogens is 4. The first-order valence-electron chi connectivity index (χ1n) is 10.7. The van der Waals surface area contributed by atoms with Crippen LogP contribution in [0.2, 0.25) is 0 Å². The number of likely N-dealkylation sites (tertiary alicyclic amines) is 2. The van der Waals surface area contributed by atoms with Crippen molar-refractivity contribution in [3.63, 3.8) is 0 Å². The molecule has 184 valence electrons. The summed E-state index contributed by atoms with van der Waals surface area (Å²) in [5.74, 6) is -1.65. The van der Waals surface area contributed by atoms with Gasteiger partial charge in [0.25, 0.3) is 5.91 Å². The fourth-order valence-corrected chi connectivity index (χ4v) is 4.60. The van der Waals surface area contributed by atoms with Gasteiger partial charge in [0.1, 0.15) is 23.7 Å². The highest BCUT2D eigenvalue weighted by atomic mass is 19.4. The fourth-order valence-electron chi connectivity index (χ4n) is 4.60. The van der Waals surface area contributed by atoms with E-state index in [2.05, 4.69) is 20.1 Å². The van der Waals surface area contributed by atoms with Crippen LogP contribution < -0.4 is 4.74 Å². The number of rotatable bonds is 4. The maximum absolute atomic E-state index is 13.6. The highest BCUT2D eigenvalue weighted by Gasteiger charge is 2.43. The van der Waals surface area contributed by atoms with Gasteiger partial charge in [-0.15, -0.1) is 18.3 Å². The molecule has 0 saturated carbocycles. The lowest BCUT2D eigenvalue weighted by molar-refractivity contribution is -0.274. The van der Waals surface area contributed by atoms with Gasteiger partial charge in [0, 0.05) is 49.6 Å². The Balaban J connectivity index is 1.15. The molecule has 2 atom stereocenters. The molecule has 0 aliphatic carbocycles. The van der Waals surface area contributed by atoms with Gasteiger partial charge in [0.2, 0.25) is 0 Å². The van der Waals surface area contributed by atoms with Crippen LogP contribution in [0.5, 0.6) is 5.75 Å². The number of nitrogens with one attached hydrogen (secondary N) is 1. The van der Waals surface area contributed by atoms with Gasteiger partial charge in [-0.2, -0.15) is 0 Å². The van der Waals surface area contributed by atoms with E-state index in [1.54, 1.807) is 23.1 Å². The SMILES string of the molecule is O=C(OCc1cc(F)cc(OC(F)(F)F)c1)N1C[C@@H]2CN(C(=O)c3ccc4[nH]nnc4c3)C[C@@H]2C1. The molecule has 1 aromatic heterocycles. The Hall–Kier alpha value is -3.90. The second-order valence-electron chi connectivity index (χ2n) is 8.58. The van der Waals surface area contributed by atoms with Gasteiger partial charge in [-0.3, -0.25) is 9.89 Å². The molecule has 13 heteroatoms. The number of aromatic amines is 1. The number of hydrogen-bond donors (Lipinski definition) is 1. The predicted octanol–water partition coefficient (Wildman–Crippen LogP) is 3.34. The van der Waals surface area contributed by atoms with Crippen molar-refractivity contribution in [1.82, 2.24) is 25.2 Å². The Morgan fingerprint density at radius 2 is 1.74 bits per heavy atom. The van der Waals surface area contributed by atoms with Crippen LogP contribution in [0.4, 0.5) is 22.4 Å². The summed E-state index contributed by atoms with van der Waals surface area (Å²) in [6.07, 6.45) is -5.62. The van der Waals surface area contributed by atoms with E-state index in [4.69, 9.17) is 4.74 Å². The molecule has 1 N–H and O–H groups in total. The maximum Gasteiger partial charge on any atom is 0.573 e. The van der Waals surface area contributed by atoms with Crippen molar-refractivity contribution in [2.75, 3.05) is 26.2 Å². The van der Waals surface area contributed by atoms with Crippen LogP contribution in [-0.4, -0.2) is 69.8 Å². The lowest BCUT2D eigenvalue weighted by atomic mass is 10.0. The molecule has 0 bridgehead atoms. The largest absolute Gasteiger partial charge is 0.573 e. The van der Waals surface area contributed by atoms with Crippen molar-refractivity contribution < 1.29 is 36.6 Å². The lowest BCUT2D eigenvalue weighted by Gasteiger charge is -2.21. The second-order valence-corrected chi connectivity index (χ2v) is 8.58. The highest BCUT2D eigenvalue weighted by molar-refractivity contribution is 5.97. The third kappa shape index (κ3) is 4.98. The maximum atomic E-state index is 13.6. The van der Waals surface area contributed by atoms with Gasteiger partial charge in [-0.1, -0.05) is 5.21 Å². The van der Waals surface area contributed by atoms with E-state index >= 15 is 0 Å². The van der Waals surface area contributed by atoms with Crippen molar-refractivity contribution >= 4 is 23.0 Å². The van der Waals surface area contributed by atoms with Crippen molar-refractivity contribution in [2.45, 2.75) is 13.0 Å². The molecule has 0 unspecified atom stereocenters. The van der Waals surface area contributed by atoms with Crippen molar-refractivity contribution in [2.24, 2.45) is 11.8 Å². The van der Waals surface area contributed by atoms with Gasteiger partial charge in [-0.25, -0.2) is 9.18 Å². The fraction of sp³-hybridized carbons (Fsp3) is 0.364. The van der Waals surface area contributed by atoms with Crippen molar-refractivity contribution in [3.05, 3.63) is 53.3 Å². The Bertz CT molecular complexity index is 1270. The third-order valence-electron chi connectivity index (χ3n) is 6.13. The summed E-state index contributed by atoms with van der Waals surface area (Å²) in [6.45, 7) is 1.30. The van der Waals surface area contributed by atoms with Crippen LogP contribution in [0.3, 0.4) is 0 Å². The molecule has 0 spiro atoms. The van der Waals surface area contributed by atoms with Crippen LogP contribution in [0, 0.1) is 17.7 Å². The minimum absolute atomic E-state index is 0.0258. The first-order chi connectivity index (χ1) is 16.6. The smallest absolute Gasteiger partial charge is 0.445 e. The normalized spacial score (nSPS) is 19.8. The van der Waals surface area contributed by atoms with Crippen LogP contribution in [-0.2, 0) is 11.3 Å². The third-order valence-corrected chi connectivity index (χ3v) is 6.13. The Morgan fingerprint density at radius 3 is 2.46 bits per heavy atom. The predicted molar refractivity (Wildman–Crippen MR) is 112 cm³/mol. The molecule has 3 heterocycles. The Kier molecular flexibility index (Phi) is 5.69. The summed E-state index contributed by atoms with van der Waals surface area (Å²) in [6, 6.07) is 7.65. The molecular weight excluding hydrogens is 474 g/mol. The number of hydrogen-bond acceptors (Lipinski definition) is 6. The number of amides is 2. The van der Waals surface area contributed by atoms with E-state index in [1.807, 2.05) is 0 Å². The van der Waals surface area contributed by atoms with E-state index in [9.17, 15) is 27.2 Å². The van der Waals surface area contributed by atoms with Gasteiger partial charge >= 0.3 is 12.5 Å². The van der Waals surface area contributed by atoms with Crippen molar-refractivity contribution in [3.8, 4) is 5.75 Å². The number of fused-ring (bicyclic) bond motifs is 2. The van der Waals surface area contributed by atoms with E-state index < -0.39 is 30.6 Å². The van der Waals surface area contributed by atoms with Crippen molar-refractivity contribution in [1.29, 1.82) is 0 Å². The molecule has 3 aromatic rings. The summed E-state index contributed by atoms with van der Waals surface area (Å²) in [5.41, 5.74) is 1.86. The van der Waals surface area contributed by atoms with Gasteiger partial charge in [0.05, 0.1) is 5.52 Å². The minimum atomic E-state index is -4.97. The average molecular weight is 493 g/mol. The number of carbonyl (C=O) groups is 2. The number of ether oxygens (including phenoxy) is 2. The average Bonchev–Trinajstić information content (AvgIpc) is 3.49. The first-order valence-corrected chi connectivity index (χ1v) is 10.7. The quantitative estimate of drug-likeness (QED) is 0.560. The second kappa shape index (κ2) is 8.71. The molecule has 35 heavy (non-hydrogen) atoms. The monoisotopic (exact) mass is 493 g/mol. The molecule has 2 amide bonds. The summed E-state index contributed by atoms with van der Waals surface area (Å²) in [5, 5.41) is 10.4. The summed E-state index contributed by atoms with van der Waals surface area (Å²) >= 11 is 0. The number of H-pyrrole nitrogens is 1. The number of carbonyl (C=O) groups excluding carboxylic acids is 2. The molecule has 0 radical (unpaired) electrons. The molecular formula is C22H19F4N5O4. The van der Waals surface area contributed by atoms with E-state index in [0.29, 0.717) is 43.3 Å². The molecule has 9 nitrogen and oxygen atoms in total. The topological polar surface area (TPSA) is 101 Å². The zero-order valence-corrected chi connectivity index (χ0v) is 18.1. The molecule has 5 rings (SSSR count). The lowest BCUT2D eigenvalue weighted by Crippen LogP contribution is -2.35. The van der Waals surface area contributed by atoms with Crippen LogP contribution in [0.1, 0.15) is 15.9 Å². The first kappa shape index (κ1) is 22.9. The van der Waals surface area contributed by atoms with E-state index in [1.165, 1.54) is 4.90 Å². The number of benzene rings is 2. The standard InChI is InChI=1S/C22H19F4N5O4/c23-16-3-12(4-17(6-16)35-22(24,25)26)11-34-21(33)31-9-14-7-30(8-15(14)10-31)20(32)13-1-2-18-19(5-13)28-29-27-18/h1-6,14-15H,7-11H2,(H,27,28,29)/t14-,15+. The number of alkyl halides is 3. The zero-order valence-electron chi connectivity index (χ0n) is 18.1. The van der Waals surface area contributed by atoms with Crippen LogP contribution in [0.25, 0.3) is 11.0 Å². The van der Waals surface area contributed by atoms with Gasteiger partial charge in [-0.05, 0) is 35.9 Å². The zero-order chi connectivity index (χ0) is 24.7. The molecule has 2 aromatic carbocycles. The van der Waals surface area contributed by atoms with E-state index in [0.717, 1.165) is 17.6 Å². The molecule has 2 fully saturated rings. The minimum Gasteiger partial charge on any atom is -0.445 e. The number of nitrogens with zero attached hydrogens (tertiary/aromatic N) is 4. The van der Waals surface area contributed by atoms with Gasteiger partial charge in [0.15, 0.2) is 0 Å². The summed E-state index contributed by atoms with van der Waals surface area (Å²) in [7, 11) is 0. The van der Waals surface area contributed by atoms with E-state index in [-0.39, 0.29) is 23.3 Å². The summed E-state index contributed by atoms with van der Waals surface area (Å²) < 4.78 is 59.7. The highest BCUT2D eigenvalue weighted by Crippen LogP contribution is 2.33. The van der Waals surface area contributed by atoms with Gasteiger partial charge < -0.3 is 19.3 Å².